The maximum Gasteiger partial charge on any atom is 0.133 e. The van der Waals surface area contributed by atoms with Gasteiger partial charge in [-0.05, 0) is 45.5 Å². The van der Waals surface area contributed by atoms with Crippen molar-refractivity contribution in [2.45, 2.75) is 20.3 Å². The zero-order valence-corrected chi connectivity index (χ0v) is 11.0. The molecule has 1 aromatic rings. The highest BCUT2D eigenvalue weighted by molar-refractivity contribution is 9.10. The van der Waals surface area contributed by atoms with E-state index in [2.05, 4.69) is 15.9 Å². The summed E-state index contributed by atoms with van der Waals surface area (Å²) in [5.41, 5.74) is 1.12. The van der Waals surface area contributed by atoms with Crippen LogP contribution in [0.1, 0.15) is 19.4 Å². The zero-order chi connectivity index (χ0) is 11.5. The van der Waals surface area contributed by atoms with Gasteiger partial charge in [0.05, 0.1) is 11.6 Å². The number of aliphatic hydroxyl groups excluding tert-OH is 1. The maximum absolute atomic E-state index is 9.19. The molecule has 0 spiro atoms. The largest absolute Gasteiger partial charge is 0.496 e. The first kappa shape index (κ1) is 12.5. The molecule has 0 radical (unpaired) electrons. The van der Waals surface area contributed by atoms with Crippen molar-refractivity contribution in [1.29, 1.82) is 0 Å². The van der Waals surface area contributed by atoms with E-state index in [0.29, 0.717) is 0 Å². The fourth-order valence-corrected chi connectivity index (χ4v) is 2.02. The van der Waals surface area contributed by atoms with Crippen molar-refractivity contribution in [3.8, 4) is 5.75 Å². The standard InChI is InChI=1S/C12H17BrO2/c1-12(2,8-14)7-9-4-5-11(15-3)10(13)6-9/h4-6,14H,7-8H2,1-3H3. The van der Waals surface area contributed by atoms with E-state index in [0.717, 1.165) is 16.6 Å². The molecule has 0 heterocycles. The molecule has 0 atom stereocenters. The smallest absolute Gasteiger partial charge is 0.133 e. The fraction of sp³-hybridized carbons (Fsp3) is 0.500. The lowest BCUT2D eigenvalue weighted by Crippen LogP contribution is -2.19. The third-order valence-corrected chi connectivity index (χ3v) is 2.95. The van der Waals surface area contributed by atoms with Crippen LogP contribution < -0.4 is 4.74 Å². The minimum atomic E-state index is -0.0754. The molecule has 0 saturated heterocycles. The van der Waals surface area contributed by atoms with Crippen LogP contribution in [0.5, 0.6) is 5.75 Å². The SMILES string of the molecule is COc1ccc(CC(C)(C)CO)cc1Br. The molecule has 0 amide bonds. The molecule has 0 aliphatic heterocycles. The highest BCUT2D eigenvalue weighted by Gasteiger charge is 2.17. The van der Waals surface area contributed by atoms with E-state index in [4.69, 9.17) is 4.74 Å². The zero-order valence-electron chi connectivity index (χ0n) is 9.38. The Balaban J connectivity index is 2.84. The van der Waals surface area contributed by atoms with Crippen LogP contribution in [-0.2, 0) is 6.42 Å². The van der Waals surface area contributed by atoms with Gasteiger partial charge in [0.25, 0.3) is 0 Å². The van der Waals surface area contributed by atoms with Gasteiger partial charge in [0.2, 0.25) is 0 Å². The second kappa shape index (κ2) is 4.99. The predicted molar refractivity (Wildman–Crippen MR) is 65.3 cm³/mol. The van der Waals surface area contributed by atoms with Gasteiger partial charge in [0.1, 0.15) is 5.75 Å². The molecule has 0 aliphatic rings. The van der Waals surface area contributed by atoms with Crippen LogP contribution in [0.3, 0.4) is 0 Å². The normalized spacial score (nSPS) is 11.5. The van der Waals surface area contributed by atoms with Crippen LogP contribution in [-0.4, -0.2) is 18.8 Å². The van der Waals surface area contributed by atoms with E-state index in [9.17, 15) is 5.11 Å². The van der Waals surface area contributed by atoms with E-state index in [-0.39, 0.29) is 12.0 Å². The molecule has 1 rings (SSSR count). The number of halogens is 1. The maximum atomic E-state index is 9.19. The number of hydrogen-bond donors (Lipinski definition) is 1. The molecule has 0 unspecified atom stereocenters. The quantitative estimate of drug-likeness (QED) is 0.913. The lowest BCUT2D eigenvalue weighted by molar-refractivity contribution is 0.159. The molecule has 0 saturated carbocycles. The third kappa shape index (κ3) is 3.50. The summed E-state index contributed by atoms with van der Waals surface area (Å²) < 4.78 is 6.11. The summed E-state index contributed by atoms with van der Waals surface area (Å²) in [6, 6.07) is 6.00. The predicted octanol–water partition coefficient (Wildman–Crippen LogP) is 3.02. The lowest BCUT2D eigenvalue weighted by atomic mass is 9.87. The average Bonchev–Trinajstić information content (AvgIpc) is 2.17. The van der Waals surface area contributed by atoms with Gasteiger partial charge in [-0.2, -0.15) is 0 Å². The number of methoxy groups -OCH3 is 1. The van der Waals surface area contributed by atoms with Crippen molar-refractivity contribution in [3.05, 3.63) is 28.2 Å². The van der Waals surface area contributed by atoms with Crippen LogP contribution >= 0.6 is 15.9 Å². The topological polar surface area (TPSA) is 29.5 Å². The van der Waals surface area contributed by atoms with Gasteiger partial charge in [0.15, 0.2) is 0 Å². The van der Waals surface area contributed by atoms with Gasteiger partial charge in [0, 0.05) is 6.61 Å². The summed E-state index contributed by atoms with van der Waals surface area (Å²) in [6.45, 7) is 4.28. The van der Waals surface area contributed by atoms with E-state index in [1.54, 1.807) is 7.11 Å². The third-order valence-electron chi connectivity index (χ3n) is 2.33. The van der Waals surface area contributed by atoms with E-state index in [1.807, 2.05) is 32.0 Å². The number of ether oxygens (including phenoxy) is 1. The van der Waals surface area contributed by atoms with Crippen molar-refractivity contribution in [2.24, 2.45) is 5.41 Å². The van der Waals surface area contributed by atoms with Crippen molar-refractivity contribution >= 4 is 15.9 Å². The lowest BCUT2D eigenvalue weighted by Gasteiger charge is -2.21. The molecular weight excluding hydrogens is 256 g/mol. The van der Waals surface area contributed by atoms with Crippen LogP contribution in [0.2, 0.25) is 0 Å². The summed E-state index contributed by atoms with van der Waals surface area (Å²) in [5.74, 6) is 0.834. The molecule has 1 N–H and O–H groups in total. The Morgan fingerprint density at radius 1 is 1.40 bits per heavy atom. The van der Waals surface area contributed by atoms with Crippen molar-refractivity contribution in [1.82, 2.24) is 0 Å². The highest BCUT2D eigenvalue weighted by atomic mass is 79.9. The van der Waals surface area contributed by atoms with Crippen LogP contribution in [0.15, 0.2) is 22.7 Å². The Labute approximate surface area is 99.4 Å². The number of hydrogen-bond acceptors (Lipinski definition) is 2. The second-order valence-electron chi connectivity index (χ2n) is 4.47. The molecule has 15 heavy (non-hydrogen) atoms. The summed E-state index contributed by atoms with van der Waals surface area (Å²) in [7, 11) is 1.65. The fourth-order valence-electron chi connectivity index (χ4n) is 1.43. The highest BCUT2D eigenvalue weighted by Crippen LogP contribution is 2.28. The molecule has 0 bridgehead atoms. The van der Waals surface area contributed by atoms with E-state index in [1.165, 1.54) is 5.56 Å². The molecule has 1 aromatic carbocycles. The van der Waals surface area contributed by atoms with Crippen molar-refractivity contribution in [3.63, 3.8) is 0 Å². The second-order valence-corrected chi connectivity index (χ2v) is 5.32. The number of benzene rings is 1. The van der Waals surface area contributed by atoms with Crippen LogP contribution in [0.4, 0.5) is 0 Å². The minimum absolute atomic E-state index is 0.0754. The van der Waals surface area contributed by atoms with Gasteiger partial charge >= 0.3 is 0 Å². The first-order chi connectivity index (χ1) is 6.98. The van der Waals surface area contributed by atoms with Gasteiger partial charge in [-0.1, -0.05) is 19.9 Å². The van der Waals surface area contributed by atoms with Crippen molar-refractivity contribution in [2.75, 3.05) is 13.7 Å². The summed E-state index contributed by atoms with van der Waals surface area (Å²) >= 11 is 3.45. The van der Waals surface area contributed by atoms with E-state index < -0.39 is 0 Å². The summed E-state index contributed by atoms with van der Waals surface area (Å²) in [5, 5.41) is 9.19. The minimum Gasteiger partial charge on any atom is -0.496 e. The van der Waals surface area contributed by atoms with Gasteiger partial charge in [-0.15, -0.1) is 0 Å². The molecule has 2 nitrogen and oxygen atoms in total. The Hall–Kier alpha value is -0.540. The van der Waals surface area contributed by atoms with Gasteiger partial charge < -0.3 is 9.84 Å². The number of rotatable bonds is 4. The molecular formula is C12H17BrO2. The molecule has 0 aliphatic carbocycles. The Bertz CT molecular complexity index is 334. The van der Waals surface area contributed by atoms with Gasteiger partial charge in [-0.3, -0.25) is 0 Å². The molecule has 3 heteroatoms. The molecule has 0 fully saturated rings. The van der Waals surface area contributed by atoms with Crippen LogP contribution in [0, 0.1) is 5.41 Å². The molecule has 0 aromatic heterocycles. The Kier molecular flexibility index (Phi) is 4.17. The van der Waals surface area contributed by atoms with E-state index >= 15 is 0 Å². The Morgan fingerprint density at radius 3 is 2.53 bits per heavy atom. The van der Waals surface area contributed by atoms with Crippen LogP contribution in [0.25, 0.3) is 0 Å². The van der Waals surface area contributed by atoms with Crippen molar-refractivity contribution < 1.29 is 9.84 Å². The first-order valence-electron chi connectivity index (χ1n) is 4.92. The molecule has 84 valence electrons. The first-order valence-corrected chi connectivity index (χ1v) is 5.71. The monoisotopic (exact) mass is 272 g/mol. The Morgan fingerprint density at radius 2 is 2.07 bits per heavy atom. The number of aliphatic hydroxyl groups is 1. The summed E-state index contributed by atoms with van der Waals surface area (Å²) in [4.78, 5) is 0. The van der Waals surface area contributed by atoms with Gasteiger partial charge in [-0.25, -0.2) is 0 Å². The average molecular weight is 273 g/mol. The summed E-state index contributed by atoms with van der Waals surface area (Å²) in [6.07, 6.45) is 0.853.